The largest absolute Gasteiger partial charge is 0.484 e. The first-order chi connectivity index (χ1) is 13.6. The summed E-state index contributed by atoms with van der Waals surface area (Å²) in [4.78, 5) is 24.1. The van der Waals surface area contributed by atoms with Gasteiger partial charge in [0.25, 0.3) is 5.91 Å². The van der Waals surface area contributed by atoms with Crippen LogP contribution >= 0.6 is 0 Å². The average molecular weight is 378 g/mol. The van der Waals surface area contributed by atoms with E-state index in [2.05, 4.69) is 10.6 Å². The Hall–Kier alpha value is -3.67. The first kappa shape index (κ1) is 19.1. The number of para-hydroxylation sites is 1. The molecule has 0 heterocycles. The van der Waals surface area contributed by atoms with Gasteiger partial charge in [0, 0.05) is 17.4 Å². The van der Waals surface area contributed by atoms with Gasteiger partial charge in [0.15, 0.2) is 6.61 Å². The maximum Gasteiger partial charge on any atom is 0.262 e. The molecule has 0 atom stereocenters. The lowest BCUT2D eigenvalue weighted by atomic mass is 10.1. The molecule has 3 aromatic rings. The lowest BCUT2D eigenvalue weighted by Gasteiger charge is -2.10. The van der Waals surface area contributed by atoms with Gasteiger partial charge in [-0.2, -0.15) is 0 Å². The molecule has 28 heavy (non-hydrogen) atoms. The number of carbonyl (C=O) groups excluding carboxylic acids is 2. The van der Waals surface area contributed by atoms with Crippen LogP contribution in [0.25, 0.3) is 0 Å². The van der Waals surface area contributed by atoms with Crippen molar-refractivity contribution < 1.29 is 18.7 Å². The zero-order chi connectivity index (χ0) is 19.8. The molecule has 0 spiro atoms. The molecule has 0 bridgehead atoms. The summed E-state index contributed by atoms with van der Waals surface area (Å²) in [5.41, 5.74) is 1.80. The molecular weight excluding hydrogens is 359 g/mol. The van der Waals surface area contributed by atoms with E-state index < -0.39 is 0 Å². The number of hydrogen-bond acceptors (Lipinski definition) is 3. The molecule has 0 aliphatic heterocycles. The number of halogens is 1. The average Bonchev–Trinajstić information content (AvgIpc) is 2.67. The fraction of sp³-hybridized carbons (Fsp3) is 0.0909. The summed E-state index contributed by atoms with van der Waals surface area (Å²) in [6, 6.07) is 21.7. The Morgan fingerprint density at radius 1 is 0.786 bits per heavy atom. The van der Waals surface area contributed by atoms with E-state index in [4.69, 9.17) is 4.74 Å². The Kier molecular flexibility index (Phi) is 6.36. The zero-order valence-corrected chi connectivity index (χ0v) is 15.0. The monoisotopic (exact) mass is 378 g/mol. The molecule has 5 nitrogen and oxygen atoms in total. The SMILES string of the molecule is O=C(COc1cccc(NC(=O)Cc2cccc(F)c2)c1)Nc1ccccc1. The van der Waals surface area contributed by atoms with Crippen molar-refractivity contribution in [3.05, 3.63) is 90.2 Å². The van der Waals surface area contributed by atoms with E-state index >= 15 is 0 Å². The van der Waals surface area contributed by atoms with Gasteiger partial charge in [-0.3, -0.25) is 9.59 Å². The van der Waals surface area contributed by atoms with Crippen LogP contribution in [0, 0.1) is 5.82 Å². The van der Waals surface area contributed by atoms with Crippen LogP contribution in [-0.2, 0) is 16.0 Å². The Bertz CT molecular complexity index is 961. The van der Waals surface area contributed by atoms with Crippen molar-refractivity contribution in [2.75, 3.05) is 17.2 Å². The maximum atomic E-state index is 13.2. The predicted octanol–water partition coefficient (Wildman–Crippen LogP) is 4.02. The number of benzene rings is 3. The van der Waals surface area contributed by atoms with Crippen LogP contribution in [-0.4, -0.2) is 18.4 Å². The highest BCUT2D eigenvalue weighted by molar-refractivity contribution is 5.93. The second-order valence-corrected chi connectivity index (χ2v) is 6.09. The van der Waals surface area contributed by atoms with Gasteiger partial charge in [-0.1, -0.05) is 36.4 Å². The van der Waals surface area contributed by atoms with E-state index in [0.717, 1.165) is 0 Å². The number of carbonyl (C=O) groups is 2. The number of anilines is 2. The van der Waals surface area contributed by atoms with E-state index in [1.54, 1.807) is 48.5 Å². The maximum absolute atomic E-state index is 13.2. The topological polar surface area (TPSA) is 67.4 Å². The van der Waals surface area contributed by atoms with Gasteiger partial charge in [-0.25, -0.2) is 4.39 Å². The van der Waals surface area contributed by atoms with Crippen molar-refractivity contribution in [3.63, 3.8) is 0 Å². The van der Waals surface area contributed by atoms with Crippen LogP contribution in [0.1, 0.15) is 5.56 Å². The smallest absolute Gasteiger partial charge is 0.262 e. The summed E-state index contributed by atoms with van der Waals surface area (Å²) in [6.45, 7) is -0.157. The first-order valence-electron chi connectivity index (χ1n) is 8.70. The van der Waals surface area contributed by atoms with Crippen molar-refractivity contribution in [2.24, 2.45) is 0 Å². The number of rotatable bonds is 7. The number of hydrogen-bond donors (Lipinski definition) is 2. The van der Waals surface area contributed by atoms with Gasteiger partial charge >= 0.3 is 0 Å². The zero-order valence-electron chi connectivity index (χ0n) is 15.0. The number of amides is 2. The molecule has 2 amide bonds. The van der Waals surface area contributed by atoms with E-state index in [9.17, 15) is 14.0 Å². The number of ether oxygens (including phenoxy) is 1. The Balaban J connectivity index is 1.52. The van der Waals surface area contributed by atoms with Crippen LogP contribution in [0.4, 0.5) is 15.8 Å². The van der Waals surface area contributed by atoms with Crippen molar-refractivity contribution in [3.8, 4) is 5.75 Å². The molecule has 6 heteroatoms. The summed E-state index contributed by atoms with van der Waals surface area (Å²) < 4.78 is 18.7. The summed E-state index contributed by atoms with van der Waals surface area (Å²) in [6.07, 6.45) is 0.0579. The highest BCUT2D eigenvalue weighted by atomic mass is 19.1. The quantitative estimate of drug-likeness (QED) is 0.652. The minimum Gasteiger partial charge on any atom is -0.484 e. The minimum atomic E-state index is -0.380. The highest BCUT2D eigenvalue weighted by Gasteiger charge is 2.07. The third-order valence-electron chi connectivity index (χ3n) is 3.80. The molecule has 0 aliphatic carbocycles. The third-order valence-corrected chi connectivity index (χ3v) is 3.80. The summed E-state index contributed by atoms with van der Waals surface area (Å²) in [5.74, 6) is -0.488. The molecule has 3 aromatic carbocycles. The van der Waals surface area contributed by atoms with Crippen LogP contribution in [0.3, 0.4) is 0 Å². The van der Waals surface area contributed by atoms with E-state index in [0.29, 0.717) is 22.7 Å². The van der Waals surface area contributed by atoms with Crippen LogP contribution in [0.5, 0.6) is 5.75 Å². The lowest BCUT2D eigenvalue weighted by molar-refractivity contribution is -0.118. The fourth-order valence-corrected chi connectivity index (χ4v) is 2.57. The molecule has 0 fully saturated rings. The van der Waals surface area contributed by atoms with Gasteiger partial charge in [0.1, 0.15) is 11.6 Å². The van der Waals surface area contributed by atoms with Gasteiger partial charge in [0.2, 0.25) is 5.91 Å². The highest BCUT2D eigenvalue weighted by Crippen LogP contribution is 2.18. The molecule has 0 saturated carbocycles. The molecule has 0 unspecified atom stereocenters. The minimum absolute atomic E-state index is 0.0579. The second-order valence-electron chi connectivity index (χ2n) is 6.09. The molecular formula is C22H19FN2O3. The van der Waals surface area contributed by atoms with Gasteiger partial charge in [-0.05, 0) is 42.0 Å². The lowest BCUT2D eigenvalue weighted by Crippen LogP contribution is -2.20. The summed E-state index contributed by atoms with van der Waals surface area (Å²) in [5, 5.41) is 5.46. The molecule has 142 valence electrons. The normalized spacial score (nSPS) is 10.2. The van der Waals surface area contributed by atoms with E-state index in [-0.39, 0.29) is 30.7 Å². The Labute approximate surface area is 162 Å². The molecule has 3 rings (SSSR count). The van der Waals surface area contributed by atoms with Crippen molar-refractivity contribution in [2.45, 2.75) is 6.42 Å². The third kappa shape index (κ3) is 5.95. The predicted molar refractivity (Wildman–Crippen MR) is 106 cm³/mol. The second kappa shape index (κ2) is 9.32. The van der Waals surface area contributed by atoms with Gasteiger partial charge in [0.05, 0.1) is 6.42 Å². The molecule has 2 N–H and O–H groups in total. The summed E-state index contributed by atoms with van der Waals surface area (Å²) >= 11 is 0. The number of nitrogens with one attached hydrogen (secondary N) is 2. The van der Waals surface area contributed by atoms with Crippen molar-refractivity contribution in [1.82, 2.24) is 0 Å². The Morgan fingerprint density at radius 2 is 1.50 bits per heavy atom. The molecule has 0 saturated heterocycles. The first-order valence-corrected chi connectivity index (χ1v) is 8.70. The van der Waals surface area contributed by atoms with Gasteiger partial charge in [-0.15, -0.1) is 0 Å². The fourth-order valence-electron chi connectivity index (χ4n) is 2.57. The van der Waals surface area contributed by atoms with E-state index in [1.165, 1.54) is 12.1 Å². The summed E-state index contributed by atoms with van der Waals surface area (Å²) in [7, 11) is 0. The van der Waals surface area contributed by atoms with Crippen LogP contribution in [0.2, 0.25) is 0 Å². The standard InChI is InChI=1S/C22H19FN2O3/c23-17-7-4-6-16(12-17)13-21(26)25-19-10-5-11-20(14-19)28-15-22(27)24-18-8-2-1-3-9-18/h1-12,14H,13,15H2,(H,24,27)(H,25,26). The molecule has 0 aliphatic rings. The molecule has 0 radical (unpaired) electrons. The van der Waals surface area contributed by atoms with Crippen molar-refractivity contribution >= 4 is 23.2 Å². The Morgan fingerprint density at radius 3 is 2.29 bits per heavy atom. The van der Waals surface area contributed by atoms with Crippen LogP contribution < -0.4 is 15.4 Å². The van der Waals surface area contributed by atoms with E-state index in [1.807, 2.05) is 18.2 Å². The molecule has 0 aromatic heterocycles. The van der Waals surface area contributed by atoms with Gasteiger partial charge < -0.3 is 15.4 Å². The van der Waals surface area contributed by atoms with Crippen molar-refractivity contribution in [1.29, 1.82) is 0 Å². The van der Waals surface area contributed by atoms with Crippen LogP contribution in [0.15, 0.2) is 78.9 Å².